The fraction of sp³-hybridized carbons (Fsp3) is 0.167. The summed E-state index contributed by atoms with van der Waals surface area (Å²) in [7, 11) is -7.88. The number of rotatable bonds is 7. The van der Waals surface area contributed by atoms with Crippen molar-refractivity contribution in [2.45, 2.75) is 29.0 Å². The van der Waals surface area contributed by atoms with Crippen LogP contribution in [0.5, 0.6) is 0 Å². The van der Waals surface area contributed by atoms with E-state index in [-0.39, 0.29) is 17.7 Å². The van der Waals surface area contributed by atoms with Crippen molar-refractivity contribution >= 4 is 37.0 Å². The van der Waals surface area contributed by atoms with Crippen LogP contribution in [0.15, 0.2) is 77.7 Å². The van der Waals surface area contributed by atoms with Crippen molar-refractivity contribution in [1.29, 1.82) is 0 Å². The van der Waals surface area contributed by atoms with E-state index in [0.29, 0.717) is 22.5 Å². The number of amides is 1. The molecule has 0 saturated carbocycles. The summed E-state index contributed by atoms with van der Waals surface area (Å²) in [5.41, 5.74) is 2.53. The van der Waals surface area contributed by atoms with Crippen molar-refractivity contribution in [1.82, 2.24) is 19.4 Å². The molecule has 1 saturated heterocycles. The van der Waals surface area contributed by atoms with E-state index in [9.17, 15) is 26.0 Å². The second-order valence-corrected chi connectivity index (χ2v) is 12.1. The Hall–Kier alpha value is -3.61. The molecule has 2 atom stereocenters. The van der Waals surface area contributed by atoms with Gasteiger partial charge >= 0.3 is 0 Å². The van der Waals surface area contributed by atoms with Crippen LogP contribution in [0.4, 0.5) is 4.39 Å². The highest BCUT2D eigenvalue weighted by molar-refractivity contribution is 7.90. The van der Waals surface area contributed by atoms with Gasteiger partial charge in [0.2, 0.25) is 26.0 Å². The van der Waals surface area contributed by atoms with Crippen molar-refractivity contribution < 1.29 is 26.0 Å². The van der Waals surface area contributed by atoms with Gasteiger partial charge in [-0.15, -0.1) is 0 Å². The minimum absolute atomic E-state index is 0.156. The third-order valence-corrected chi connectivity index (χ3v) is 9.10. The molecule has 5 rings (SSSR count). The van der Waals surface area contributed by atoms with Gasteiger partial charge in [-0.1, -0.05) is 42.5 Å². The smallest absolute Gasteiger partial charge is 0.242 e. The summed E-state index contributed by atoms with van der Waals surface area (Å²) < 4.78 is 68.8. The molecular formula is C24H21FN4O5S2. The lowest BCUT2D eigenvalue weighted by Crippen LogP contribution is -2.31. The SMILES string of the molecule is O=C1C[C@@H](c2ccc(C[C@H](NS(=O)(=O)c3cccc(F)c3)c3nc4ccccc4[nH]3)cc2)S(=O)(=O)N1. The molecular weight excluding hydrogens is 507 g/mol. The van der Waals surface area contributed by atoms with E-state index in [1.807, 2.05) is 22.9 Å². The molecule has 1 amide bonds. The second kappa shape index (κ2) is 9.12. The van der Waals surface area contributed by atoms with Crippen LogP contribution < -0.4 is 9.44 Å². The zero-order valence-corrected chi connectivity index (χ0v) is 20.3. The van der Waals surface area contributed by atoms with Gasteiger partial charge in [0, 0.05) is 0 Å². The summed E-state index contributed by atoms with van der Waals surface area (Å²) in [5, 5.41) is -0.975. The van der Waals surface area contributed by atoms with Crippen LogP contribution in [-0.2, 0) is 31.3 Å². The Kier molecular flexibility index (Phi) is 6.10. The van der Waals surface area contributed by atoms with Gasteiger partial charge in [-0.25, -0.2) is 30.9 Å². The molecule has 9 nitrogen and oxygen atoms in total. The molecule has 3 N–H and O–H groups in total. The Bertz CT molecular complexity index is 1640. The predicted octanol–water partition coefficient (Wildman–Crippen LogP) is 2.86. The first-order valence-corrected chi connectivity index (χ1v) is 14.0. The number of carbonyl (C=O) groups is 1. The topological polar surface area (TPSA) is 138 Å². The number of nitrogens with zero attached hydrogens (tertiary/aromatic N) is 1. The number of imidazole rings is 1. The Morgan fingerprint density at radius 3 is 2.47 bits per heavy atom. The predicted molar refractivity (Wildman–Crippen MR) is 130 cm³/mol. The lowest BCUT2D eigenvalue weighted by molar-refractivity contribution is -0.118. The summed E-state index contributed by atoms with van der Waals surface area (Å²) >= 11 is 0. The average molecular weight is 529 g/mol. The Morgan fingerprint density at radius 2 is 1.81 bits per heavy atom. The fourth-order valence-corrected chi connectivity index (χ4v) is 6.83. The highest BCUT2D eigenvalue weighted by Gasteiger charge is 2.37. The number of carbonyl (C=O) groups excluding carboxylic acids is 1. The molecule has 1 fully saturated rings. The second-order valence-electron chi connectivity index (χ2n) is 8.48. The van der Waals surface area contributed by atoms with Crippen LogP contribution in [0.1, 0.15) is 34.7 Å². The number of nitrogens with one attached hydrogen (secondary N) is 3. The Morgan fingerprint density at radius 1 is 1.06 bits per heavy atom. The molecule has 186 valence electrons. The first-order valence-electron chi connectivity index (χ1n) is 11.0. The molecule has 1 aliphatic rings. The number of hydrogen-bond acceptors (Lipinski definition) is 6. The molecule has 0 unspecified atom stereocenters. The quantitative estimate of drug-likeness (QED) is 0.337. The summed E-state index contributed by atoms with van der Waals surface area (Å²) in [6.45, 7) is 0. The van der Waals surface area contributed by atoms with Crippen LogP contribution in [0.2, 0.25) is 0 Å². The molecule has 1 aliphatic heterocycles. The zero-order chi connectivity index (χ0) is 25.5. The van der Waals surface area contributed by atoms with Crippen molar-refractivity contribution in [3.8, 4) is 0 Å². The van der Waals surface area contributed by atoms with E-state index in [0.717, 1.165) is 17.6 Å². The number of aromatic nitrogens is 2. The monoisotopic (exact) mass is 528 g/mol. The van der Waals surface area contributed by atoms with Gasteiger partial charge in [0.05, 0.1) is 28.4 Å². The first kappa shape index (κ1) is 24.1. The van der Waals surface area contributed by atoms with Crippen LogP contribution in [0.3, 0.4) is 0 Å². The number of aromatic amines is 1. The van der Waals surface area contributed by atoms with E-state index in [2.05, 4.69) is 14.7 Å². The van der Waals surface area contributed by atoms with E-state index in [1.165, 1.54) is 12.1 Å². The standard InChI is InChI=1S/C24H21FN4O5S2/c25-17-4-3-5-18(13-17)35(31,32)28-21(24-26-19-6-1-2-7-20(19)27-24)12-15-8-10-16(11-9-15)22-14-23(30)29-36(22,33)34/h1-11,13,21-22,28H,12,14H2,(H,26,27)(H,29,30)/t21-,22-/m0/s1. The largest absolute Gasteiger partial charge is 0.341 e. The molecule has 4 aromatic rings. The summed E-state index contributed by atoms with van der Waals surface area (Å²) in [6.07, 6.45) is 0.0139. The number of H-pyrrole nitrogens is 1. The number of hydrogen-bond donors (Lipinski definition) is 3. The molecule has 0 spiro atoms. The van der Waals surface area contributed by atoms with Crippen LogP contribution in [0.25, 0.3) is 11.0 Å². The highest BCUT2D eigenvalue weighted by Crippen LogP contribution is 2.31. The summed E-state index contributed by atoms with van der Waals surface area (Å²) in [5.74, 6) is -0.863. The van der Waals surface area contributed by atoms with E-state index in [4.69, 9.17) is 0 Å². The Balaban J connectivity index is 1.46. The molecule has 3 aromatic carbocycles. The zero-order valence-electron chi connectivity index (χ0n) is 18.7. The molecule has 0 radical (unpaired) electrons. The lowest BCUT2D eigenvalue weighted by atomic mass is 10.0. The maximum absolute atomic E-state index is 13.7. The van der Waals surface area contributed by atoms with E-state index >= 15 is 0 Å². The van der Waals surface area contributed by atoms with Crippen molar-refractivity contribution in [3.05, 3.63) is 95.6 Å². The van der Waals surface area contributed by atoms with Gasteiger partial charge in [0.1, 0.15) is 16.9 Å². The summed E-state index contributed by atoms with van der Waals surface area (Å²) in [4.78, 5) is 19.0. The molecule has 0 bridgehead atoms. The molecule has 12 heteroatoms. The van der Waals surface area contributed by atoms with E-state index < -0.39 is 43.1 Å². The molecule has 1 aromatic heterocycles. The average Bonchev–Trinajstić information content (AvgIpc) is 3.38. The fourth-order valence-electron chi connectivity index (χ4n) is 4.17. The van der Waals surface area contributed by atoms with E-state index in [1.54, 1.807) is 30.3 Å². The number of benzene rings is 3. The molecule has 2 heterocycles. The van der Waals surface area contributed by atoms with Gasteiger partial charge < -0.3 is 4.98 Å². The van der Waals surface area contributed by atoms with Crippen LogP contribution in [0, 0.1) is 5.82 Å². The number of sulfonamides is 2. The highest BCUT2D eigenvalue weighted by atomic mass is 32.2. The van der Waals surface area contributed by atoms with Gasteiger partial charge in [-0.05, 0) is 47.9 Å². The maximum Gasteiger partial charge on any atom is 0.242 e. The van der Waals surface area contributed by atoms with Crippen molar-refractivity contribution in [3.63, 3.8) is 0 Å². The maximum atomic E-state index is 13.7. The number of halogens is 1. The summed E-state index contributed by atoms with van der Waals surface area (Å²) in [6, 6.07) is 17.7. The Labute approximate surface area is 206 Å². The van der Waals surface area contributed by atoms with Crippen LogP contribution in [-0.4, -0.2) is 32.7 Å². The molecule has 0 aliphatic carbocycles. The van der Waals surface area contributed by atoms with Crippen molar-refractivity contribution in [2.75, 3.05) is 0 Å². The van der Waals surface area contributed by atoms with Gasteiger partial charge in [0.15, 0.2) is 0 Å². The first-order chi connectivity index (χ1) is 17.1. The number of para-hydroxylation sites is 2. The third-order valence-electron chi connectivity index (χ3n) is 5.93. The lowest BCUT2D eigenvalue weighted by Gasteiger charge is -2.18. The van der Waals surface area contributed by atoms with Crippen molar-refractivity contribution in [2.24, 2.45) is 0 Å². The van der Waals surface area contributed by atoms with Gasteiger partial charge in [-0.3, -0.25) is 9.52 Å². The third kappa shape index (κ3) is 4.87. The minimum atomic E-state index is -4.11. The molecule has 36 heavy (non-hydrogen) atoms. The number of fused-ring (bicyclic) bond motifs is 1. The van der Waals surface area contributed by atoms with Gasteiger partial charge in [-0.2, -0.15) is 0 Å². The van der Waals surface area contributed by atoms with Gasteiger partial charge in [0.25, 0.3) is 0 Å². The normalized spacial score (nSPS) is 18.2. The minimum Gasteiger partial charge on any atom is -0.341 e. The van der Waals surface area contributed by atoms with Crippen LogP contribution >= 0.6 is 0 Å².